The molecule has 5 heteroatoms. The van der Waals surface area contributed by atoms with Crippen LogP contribution in [0.15, 0.2) is 4.99 Å². The van der Waals surface area contributed by atoms with Crippen LogP contribution in [0.3, 0.4) is 0 Å². The van der Waals surface area contributed by atoms with E-state index in [0.29, 0.717) is 12.6 Å². The van der Waals surface area contributed by atoms with Gasteiger partial charge in [0.25, 0.3) is 0 Å². The van der Waals surface area contributed by atoms with Crippen molar-refractivity contribution in [2.24, 2.45) is 4.99 Å². The molecule has 21 heavy (non-hydrogen) atoms. The standard InChI is InChI=1S/C16H31N3OS/c1-3-17-15(18-12-16(20)9-4-5-10-16)19-13-7-6-8-14(11-13)21-2/h13-14,20H,3-12H2,1-2H3,(H2,17,18,19). The monoisotopic (exact) mass is 313 g/mol. The minimum Gasteiger partial charge on any atom is -0.388 e. The molecule has 3 N–H and O–H groups in total. The minimum atomic E-state index is -0.559. The summed E-state index contributed by atoms with van der Waals surface area (Å²) < 4.78 is 0. The maximum absolute atomic E-state index is 10.4. The Kier molecular flexibility index (Phi) is 6.68. The van der Waals surface area contributed by atoms with Crippen LogP contribution in [-0.4, -0.2) is 47.3 Å². The summed E-state index contributed by atoms with van der Waals surface area (Å²) in [5.41, 5.74) is -0.559. The molecule has 0 radical (unpaired) electrons. The predicted octanol–water partition coefficient (Wildman–Crippen LogP) is 2.52. The summed E-state index contributed by atoms with van der Waals surface area (Å²) in [6.45, 7) is 3.48. The molecule has 0 amide bonds. The molecule has 2 aliphatic rings. The van der Waals surface area contributed by atoms with Gasteiger partial charge in [-0.3, -0.25) is 4.99 Å². The second-order valence-corrected chi connectivity index (χ2v) is 7.63. The molecule has 0 spiro atoms. The van der Waals surface area contributed by atoms with Crippen LogP contribution < -0.4 is 10.6 Å². The Hall–Kier alpha value is -0.420. The maximum Gasteiger partial charge on any atom is 0.191 e. The van der Waals surface area contributed by atoms with E-state index in [-0.39, 0.29) is 0 Å². The lowest BCUT2D eigenvalue weighted by molar-refractivity contribution is 0.0574. The molecule has 0 aliphatic heterocycles. The van der Waals surface area contributed by atoms with Gasteiger partial charge in [-0.1, -0.05) is 19.3 Å². The average molecular weight is 314 g/mol. The highest BCUT2D eigenvalue weighted by atomic mass is 32.2. The van der Waals surface area contributed by atoms with Crippen LogP contribution in [0.1, 0.15) is 58.3 Å². The number of rotatable bonds is 5. The fraction of sp³-hybridized carbons (Fsp3) is 0.938. The first-order chi connectivity index (χ1) is 10.1. The molecule has 122 valence electrons. The molecule has 2 rings (SSSR count). The highest BCUT2D eigenvalue weighted by Gasteiger charge is 2.31. The normalized spacial score (nSPS) is 29.4. The summed E-state index contributed by atoms with van der Waals surface area (Å²) in [4.78, 5) is 4.65. The maximum atomic E-state index is 10.4. The van der Waals surface area contributed by atoms with Gasteiger partial charge in [-0.05, 0) is 45.3 Å². The Morgan fingerprint density at radius 1 is 1.29 bits per heavy atom. The molecule has 0 aromatic rings. The van der Waals surface area contributed by atoms with E-state index in [2.05, 4.69) is 28.8 Å². The van der Waals surface area contributed by atoms with Crippen LogP contribution in [-0.2, 0) is 0 Å². The number of nitrogens with one attached hydrogen (secondary N) is 2. The van der Waals surface area contributed by atoms with Crippen molar-refractivity contribution in [3.05, 3.63) is 0 Å². The highest BCUT2D eigenvalue weighted by molar-refractivity contribution is 7.99. The van der Waals surface area contributed by atoms with E-state index in [1.807, 2.05) is 11.8 Å². The molecule has 2 fully saturated rings. The Morgan fingerprint density at radius 3 is 2.71 bits per heavy atom. The number of guanidine groups is 1. The van der Waals surface area contributed by atoms with Crippen LogP contribution in [0.4, 0.5) is 0 Å². The van der Waals surface area contributed by atoms with Gasteiger partial charge in [-0.2, -0.15) is 11.8 Å². The van der Waals surface area contributed by atoms with E-state index in [4.69, 9.17) is 0 Å². The number of aliphatic hydroxyl groups is 1. The summed E-state index contributed by atoms with van der Waals surface area (Å²) in [6.07, 6.45) is 11.4. The van der Waals surface area contributed by atoms with Crippen molar-refractivity contribution in [3.8, 4) is 0 Å². The number of hydrogen-bond acceptors (Lipinski definition) is 3. The lowest BCUT2D eigenvalue weighted by atomic mass is 9.95. The van der Waals surface area contributed by atoms with E-state index in [1.54, 1.807) is 0 Å². The molecule has 0 heterocycles. The van der Waals surface area contributed by atoms with Gasteiger partial charge in [0.05, 0.1) is 12.1 Å². The first-order valence-electron chi connectivity index (χ1n) is 8.45. The third-order valence-electron chi connectivity index (χ3n) is 4.71. The fourth-order valence-electron chi connectivity index (χ4n) is 3.42. The molecular formula is C16H31N3OS. The van der Waals surface area contributed by atoms with Crippen molar-refractivity contribution in [1.29, 1.82) is 0 Å². The summed E-state index contributed by atoms with van der Waals surface area (Å²) in [7, 11) is 0. The quantitative estimate of drug-likeness (QED) is 0.539. The summed E-state index contributed by atoms with van der Waals surface area (Å²) in [6, 6.07) is 0.521. The Bertz CT molecular complexity index is 342. The molecule has 0 aromatic heterocycles. The third-order valence-corrected chi connectivity index (χ3v) is 5.81. The largest absolute Gasteiger partial charge is 0.388 e. The Balaban J connectivity index is 1.88. The summed E-state index contributed by atoms with van der Waals surface area (Å²) >= 11 is 1.98. The molecule has 2 aliphatic carbocycles. The minimum absolute atomic E-state index is 0.521. The molecule has 2 unspecified atom stereocenters. The molecule has 0 saturated heterocycles. The predicted molar refractivity (Wildman–Crippen MR) is 92.1 cm³/mol. The van der Waals surface area contributed by atoms with E-state index < -0.39 is 5.60 Å². The van der Waals surface area contributed by atoms with Gasteiger partial charge in [-0.25, -0.2) is 0 Å². The second-order valence-electron chi connectivity index (χ2n) is 6.49. The van der Waals surface area contributed by atoms with Crippen molar-refractivity contribution >= 4 is 17.7 Å². The van der Waals surface area contributed by atoms with Crippen LogP contribution in [0.5, 0.6) is 0 Å². The van der Waals surface area contributed by atoms with Gasteiger partial charge in [0.2, 0.25) is 0 Å². The molecule has 2 atom stereocenters. The van der Waals surface area contributed by atoms with Gasteiger partial charge < -0.3 is 15.7 Å². The van der Waals surface area contributed by atoms with Crippen molar-refractivity contribution in [3.63, 3.8) is 0 Å². The first kappa shape index (κ1) is 16.9. The Morgan fingerprint density at radius 2 is 2.05 bits per heavy atom. The van der Waals surface area contributed by atoms with Gasteiger partial charge in [0.1, 0.15) is 0 Å². The molecule has 0 bridgehead atoms. The molecule has 2 saturated carbocycles. The zero-order valence-electron chi connectivity index (χ0n) is 13.5. The summed E-state index contributed by atoms with van der Waals surface area (Å²) in [5.74, 6) is 0.879. The lowest BCUT2D eigenvalue weighted by Gasteiger charge is -2.30. The van der Waals surface area contributed by atoms with E-state index in [9.17, 15) is 5.11 Å². The number of aliphatic imine (C=N–C) groups is 1. The zero-order valence-corrected chi connectivity index (χ0v) is 14.3. The van der Waals surface area contributed by atoms with E-state index in [0.717, 1.165) is 43.4 Å². The van der Waals surface area contributed by atoms with E-state index >= 15 is 0 Å². The van der Waals surface area contributed by atoms with Gasteiger partial charge in [-0.15, -0.1) is 0 Å². The van der Waals surface area contributed by atoms with Gasteiger partial charge >= 0.3 is 0 Å². The van der Waals surface area contributed by atoms with Crippen LogP contribution in [0.2, 0.25) is 0 Å². The van der Waals surface area contributed by atoms with E-state index in [1.165, 1.54) is 25.7 Å². The van der Waals surface area contributed by atoms with Crippen molar-refractivity contribution in [2.75, 3.05) is 19.3 Å². The third kappa shape index (κ3) is 5.37. The van der Waals surface area contributed by atoms with Gasteiger partial charge in [0.15, 0.2) is 5.96 Å². The SMILES string of the molecule is CCNC(=NCC1(O)CCCC1)NC1CCCC(SC)C1. The smallest absolute Gasteiger partial charge is 0.191 e. The molecular weight excluding hydrogens is 282 g/mol. The fourth-order valence-corrected chi connectivity index (χ4v) is 4.25. The number of hydrogen-bond donors (Lipinski definition) is 3. The molecule has 4 nitrogen and oxygen atoms in total. The first-order valence-corrected chi connectivity index (χ1v) is 9.74. The van der Waals surface area contributed by atoms with Crippen molar-refractivity contribution in [1.82, 2.24) is 10.6 Å². The average Bonchev–Trinajstić information content (AvgIpc) is 2.93. The van der Waals surface area contributed by atoms with Crippen LogP contribution in [0, 0.1) is 0 Å². The van der Waals surface area contributed by atoms with Gasteiger partial charge in [0, 0.05) is 17.8 Å². The van der Waals surface area contributed by atoms with Crippen molar-refractivity contribution in [2.45, 2.75) is 75.2 Å². The Labute approximate surface area is 133 Å². The topological polar surface area (TPSA) is 56.7 Å². The van der Waals surface area contributed by atoms with Crippen molar-refractivity contribution < 1.29 is 5.11 Å². The number of thioether (sulfide) groups is 1. The number of nitrogens with zero attached hydrogens (tertiary/aromatic N) is 1. The summed E-state index contributed by atoms with van der Waals surface area (Å²) in [5, 5.41) is 18.1. The molecule has 0 aromatic carbocycles. The van der Waals surface area contributed by atoms with Crippen LogP contribution in [0.25, 0.3) is 0 Å². The lowest BCUT2D eigenvalue weighted by Crippen LogP contribution is -2.46. The highest BCUT2D eigenvalue weighted by Crippen LogP contribution is 2.29. The zero-order chi connectivity index (χ0) is 15.1. The second kappa shape index (κ2) is 8.28. The van der Waals surface area contributed by atoms with Crippen LogP contribution >= 0.6 is 11.8 Å².